The third-order valence-corrected chi connectivity index (χ3v) is 4.13. The van der Waals surface area contributed by atoms with Crippen LogP contribution in [-0.4, -0.2) is 37.0 Å². The number of esters is 1. The van der Waals surface area contributed by atoms with E-state index in [0.717, 1.165) is 6.42 Å². The lowest BCUT2D eigenvalue weighted by atomic mass is 10.1. The first-order valence-corrected chi connectivity index (χ1v) is 9.88. The Kier molecular flexibility index (Phi) is 8.41. The Morgan fingerprint density at radius 2 is 1.73 bits per heavy atom. The van der Waals surface area contributed by atoms with Crippen LogP contribution in [0, 0.1) is 0 Å². The predicted octanol–water partition coefficient (Wildman–Crippen LogP) is 4.26. The molecule has 0 aliphatic rings. The molecule has 7 nitrogen and oxygen atoms in total. The number of hydrogen-bond donors (Lipinski definition) is 1. The zero-order chi connectivity index (χ0) is 22.1. The summed E-state index contributed by atoms with van der Waals surface area (Å²) in [6, 6.07) is 11.3. The minimum atomic E-state index is -1.04. The van der Waals surface area contributed by atoms with Crippen LogP contribution < -0.4 is 14.8 Å². The number of ketones is 1. The Bertz CT molecular complexity index is 908. The van der Waals surface area contributed by atoms with Crippen LogP contribution >= 0.6 is 0 Å². The average Bonchev–Trinajstić information content (AvgIpc) is 2.73. The van der Waals surface area contributed by atoms with E-state index in [-0.39, 0.29) is 11.3 Å². The third kappa shape index (κ3) is 6.34. The molecular weight excluding hydrogens is 386 g/mol. The van der Waals surface area contributed by atoms with Crippen molar-refractivity contribution in [2.24, 2.45) is 0 Å². The van der Waals surface area contributed by atoms with E-state index >= 15 is 0 Å². The highest BCUT2D eigenvalue weighted by molar-refractivity contribution is 5.99. The molecule has 0 aromatic heterocycles. The van der Waals surface area contributed by atoms with Crippen molar-refractivity contribution in [1.29, 1.82) is 0 Å². The number of hydrogen-bond acceptors (Lipinski definition) is 6. The summed E-state index contributed by atoms with van der Waals surface area (Å²) in [4.78, 5) is 36.4. The van der Waals surface area contributed by atoms with Crippen molar-refractivity contribution < 1.29 is 28.6 Å². The highest BCUT2D eigenvalue weighted by Gasteiger charge is 2.20. The second kappa shape index (κ2) is 11.0. The standard InChI is InChI=1S/C23H27NO6/c1-5-12-29-20-11-10-18(14-21(20)28-6-2)23(27)30-16(4)22(26)24-19-9-7-8-17(13-19)15(3)25/h7-11,13-14,16H,5-6,12H2,1-4H3,(H,24,26). The summed E-state index contributed by atoms with van der Waals surface area (Å²) in [5, 5.41) is 2.64. The van der Waals surface area contributed by atoms with Crippen LogP contribution in [0.1, 0.15) is 54.8 Å². The van der Waals surface area contributed by atoms with Crippen LogP contribution in [0.25, 0.3) is 0 Å². The van der Waals surface area contributed by atoms with E-state index in [1.165, 1.54) is 19.9 Å². The summed E-state index contributed by atoms with van der Waals surface area (Å²) in [6.45, 7) is 7.70. The van der Waals surface area contributed by atoms with Gasteiger partial charge in [0.25, 0.3) is 5.91 Å². The SMILES string of the molecule is CCCOc1ccc(C(=O)OC(C)C(=O)Nc2cccc(C(C)=O)c2)cc1OCC. The van der Waals surface area contributed by atoms with Gasteiger partial charge in [-0.15, -0.1) is 0 Å². The largest absolute Gasteiger partial charge is 0.490 e. The first kappa shape index (κ1) is 22.9. The van der Waals surface area contributed by atoms with Crippen molar-refractivity contribution >= 4 is 23.3 Å². The summed E-state index contributed by atoms with van der Waals surface area (Å²) < 4.78 is 16.5. The van der Waals surface area contributed by atoms with Gasteiger partial charge in [0.1, 0.15) is 0 Å². The number of amides is 1. The fourth-order valence-electron chi connectivity index (χ4n) is 2.58. The monoisotopic (exact) mass is 413 g/mol. The molecule has 1 unspecified atom stereocenters. The zero-order valence-electron chi connectivity index (χ0n) is 17.7. The first-order chi connectivity index (χ1) is 14.3. The maximum Gasteiger partial charge on any atom is 0.339 e. The minimum Gasteiger partial charge on any atom is -0.490 e. The molecule has 2 aromatic carbocycles. The topological polar surface area (TPSA) is 90.9 Å². The van der Waals surface area contributed by atoms with Gasteiger partial charge < -0.3 is 19.5 Å². The molecule has 1 amide bonds. The van der Waals surface area contributed by atoms with E-state index in [4.69, 9.17) is 14.2 Å². The van der Waals surface area contributed by atoms with Crippen molar-refractivity contribution in [3.05, 3.63) is 53.6 Å². The number of carbonyl (C=O) groups is 3. The molecule has 0 radical (unpaired) electrons. The van der Waals surface area contributed by atoms with Gasteiger partial charge in [0.15, 0.2) is 23.4 Å². The molecule has 1 atom stereocenters. The lowest BCUT2D eigenvalue weighted by Gasteiger charge is -2.15. The van der Waals surface area contributed by atoms with Gasteiger partial charge in [-0.05, 0) is 57.5 Å². The van der Waals surface area contributed by atoms with Crippen molar-refractivity contribution in [2.45, 2.75) is 40.2 Å². The number of ether oxygens (including phenoxy) is 3. The predicted molar refractivity (Wildman–Crippen MR) is 113 cm³/mol. The molecule has 0 heterocycles. The molecule has 1 N–H and O–H groups in total. The molecule has 0 saturated carbocycles. The Labute approximate surface area is 176 Å². The number of benzene rings is 2. The van der Waals surface area contributed by atoms with Gasteiger partial charge in [-0.2, -0.15) is 0 Å². The van der Waals surface area contributed by atoms with Gasteiger partial charge in [-0.25, -0.2) is 4.79 Å². The summed E-state index contributed by atoms with van der Waals surface area (Å²) in [6.07, 6.45) is -0.192. The highest BCUT2D eigenvalue weighted by Crippen LogP contribution is 2.29. The number of carbonyl (C=O) groups excluding carboxylic acids is 3. The Balaban J connectivity index is 2.05. The van der Waals surface area contributed by atoms with Gasteiger partial charge in [0.2, 0.25) is 0 Å². The average molecular weight is 413 g/mol. The molecule has 30 heavy (non-hydrogen) atoms. The number of nitrogens with one attached hydrogen (secondary N) is 1. The van der Waals surface area contributed by atoms with Crippen LogP contribution in [0.4, 0.5) is 5.69 Å². The second-order valence-electron chi connectivity index (χ2n) is 6.62. The van der Waals surface area contributed by atoms with Crippen LogP contribution in [0.15, 0.2) is 42.5 Å². The second-order valence-corrected chi connectivity index (χ2v) is 6.62. The third-order valence-electron chi connectivity index (χ3n) is 4.13. The van der Waals surface area contributed by atoms with Crippen molar-refractivity contribution in [3.63, 3.8) is 0 Å². The van der Waals surface area contributed by atoms with E-state index in [1.54, 1.807) is 36.4 Å². The van der Waals surface area contributed by atoms with E-state index in [1.807, 2.05) is 13.8 Å². The van der Waals surface area contributed by atoms with E-state index in [0.29, 0.717) is 36.0 Å². The summed E-state index contributed by atoms with van der Waals surface area (Å²) >= 11 is 0. The molecule has 0 bridgehead atoms. The molecule has 0 spiro atoms. The Hall–Kier alpha value is -3.35. The Morgan fingerprint density at radius 1 is 0.967 bits per heavy atom. The molecule has 7 heteroatoms. The van der Waals surface area contributed by atoms with Crippen LogP contribution in [0.5, 0.6) is 11.5 Å². The van der Waals surface area contributed by atoms with Gasteiger partial charge in [-0.1, -0.05) is 19.1 Å². The van der Waals surface area contributed by atoms with Gasteiger partial charge in [0.05, 0.1) is 18.8 Å². The van der Waals surface area contributed by atoms with Crippen molar-refractivity contribution in [2.75, 3.05) is 18.5 Å². The normalized spacial score (nSPS) is 11.3. The molecule has 0 saturated heterocycles. The molecular formula is C23H27NO6. The van der Waals surface area contributed by atoms with Crippen molar-refractivity contribution in [1.82, 2.24) is 0 Å². The maximum atomic E-state index is 12.5. The zero-order valence-corrected chi connectivity index (χ0v) is 17.7. The van der Waals surface area contributed by atoms with Crippen LogP contribution in [0.2, 0.25) is 0 Å². The number of rotatable bonds is 10. The highest BCUT2D eigenvalue weighted by atomic mass is 16.5. The molecule has 2 rings (SSSR count). The fourth-order valence-corrected chi connectivity index (χ4v) is 2.58. The van der Waals surface area contributed by atoms with Crippen molar-refractivity contribution in [3.8, 4) is 11.5 Å². The maximum absolute atomic E-state index is 12.5. The minimum absolute atomic E-state index is 0.109. The van der Waals surface area contributed by atoms with Crippen LogP contribution in [0.3, 0.4) is 0 Å². The van der Waals surface area contributed by atoms with Gasteiger partial charge >= 0.3 is 5.97 Å². The summed E-state index contributed by atoms with van der Waals surface area (Å²) in [7, 11) is 0. The van der Waals surface area contributed by atoms with Gasteiger partial charge in [-0.3, -0.25) is 9.59 Å². The summed E-state index contributed by atoms with van der Waals surface area (Å²) in [5.41, 5.74) is 1.18. The molecule has 160 valence electrons. The number of anilines is 1. The molecule has 2 aromatic rings. The lowest BCUT2D eigenvalue weighted by Crippen LogP contribution is -2.30. The molecule has 0 aliphatic carbocycles. The van der Waals surface area contributed by atoms with Crippen LogP contribution in [-0.2, 0) is 9.53 Å². The Morgan fingerprint density at radius 3 is 2.40 bits per heavy atom. The number of Topliss-reactive ketones (excluding diaryl/α,β-unsaturated/α-hetero) is 1. The van der Waals surface area contributed by atoms with E-state index in [2.05, 4.69) is 5.32 Å². The van der Waals surface area contributed by atoms with E-state index < -0.39 is 18.0 Å². The summed E-state index contributed by atoms with van der Waals surface area (Å²) in [5.74, 6) is -0.276. The first-order valence-electron chi connectivity index (χ1n) is 9.88. The molecule has 0 fully saturated rings. The fraction of sp³-hybridized carbons (Fsp3) is 0.348. The van der Waals surface area contributed by atoms with E-state index in [9.17, 15) is 14.4 Å². The van der Waals surface area contributed by atoms with Gasteiger partial charge in [0, 0.05) is 11.3 Å². The lowest BCUT2D eigenvalue weighted by molar-refractivity contribution is -0.123. The smallest absolute Gasteiger partial charge is 0.339 e. The molecule has 0 aliphatic heterocycles. The quantitative estimate of drug-likeness (QED) is 0.462.